The SMILES string of the molecule is CC1CCC2C3CCC4=C[C@H](OCC(=O)NCC(=O)O)CCC4(C)C3CCC12C. The fourth-order valence-electron chi connectivity index (χ4n) is 7.50. The van der Waals surface area contributed by atoms with Crippen molar-refractivity contribution in [3.8, 4) is 0 Å². The number of carbonyl (C=O) groups is 2. The molecule has 5 nitrogen and oxygen atoms in total. The van der Waals surface area contributed by atoms with Crippen molar-refractivity contribution in [2.45, 2.75) is 78.2 Å². The molecule has 3 fully saturated rings. The molecule has 0 spiro atoms. The summed E-state index contributed by atoms with van der Waals surface area (Å²) in [7, 11) is 0. The fourth-order valence-corrected chi connectivity index (χ4v) is 7.50. The molecule has 4 rings (SSSR count). The van der Waals surface area contributed by atoms with Crippen molar-refractivity contribution in [1.82, 2.24) is 5.32 Å². The van der Waals surface area contributed by atoms with Gasteiger partial charge in [-0.05, 0) is 85.9 Å². The first-order valence-electron chi connectivity index (χ1n) is 11.6. The number of fused-ring (bicyclic) bond motifs is 5. The largest absolute Gasteiger partial charge is 0.480 e. The molecule has 0 saturated heterocycles. The van der Waals surface area contributed by atoms with Gasteiger partial charge in [0.2, 0.25) is 5.91 Å². The molecular formula is C24H37NO4. The highest BCUT2D eigenvalue weighted by molar-refractivity contribution is 5.81. The van der Waals surface area contributed by atoms with Crippen molar-refractivity contribution in [3.05, 3.63) is 11.6 Å². The van der Waals surface area contributed by atoms with Gasteiger partial charge in [-0.1, -0.05) is 32.4 Å². The third-order valence-electron chi connectivity index (χ3n) is 9.41. The third kappa shape index (κ3) is 3.64. The smallest absolute Gasteiger partial charge is 0.322 e. The van der Waals surface area contributed by atoms with Gasteiger partial charge in [-0.3, -0.25) is 9.59 Å². The van der Waals surface area contributed by atoms with Gasteiger partial charge >= 0.3 is 5.97 Å². The van der Waals surface area contributed by atoms with E-state index in [0.717, 1.165) is 36.5 Å². The zero-order valence-electron chi connectivity index (χ0n) is 18.2. The standard InChI is InChI=1S/C24H37NO4/c1-15-4-7-19-18-6-5-16-12-17(29-14-21(26)25-13-22(27)28)8-10-24(16,3)20(18)9-11-23(15,19)2/h12,15,17-20H,4-11,13-14H2,1-3H3,(H,25,26)(H,27,28)/t15?,17-,18?,19?,20?,23?,24?/m1/s1. The molecule has 5 heteroatoms. The van der Waals surface area contributed by atoms with Gasteiger partial charge in [0.25, 0.3) is 0 Å². The normalized spacial score (nSPS) is 43.6. The molecule has 4 aliphatic carbocycles. The van der Waals surface area contributed by atoms with Crippen LogP contribution in [0.4, 0.5) is 0 Å². The number of nitrogens with one attached hydrogen (secondary N) is 1. The van der Waals surface area contributed by atoms with Gasteiger partial charge in [0, 0.05) is 0 Å². The van der Waals surface area contributed by atoms with E-state index >= 15 is 0 Å². The molecule has 0 aromatic carbocycles. The number of ether oxygens (including phenoxy) is 1. The highest BCUT2D eigenvalue weighted by Crippen LogP contribution is 2.66. The Morgan fingerprint density at radius 2 is 1.93 bits per heavy atom. The van der Waals surface area contributed by atoms with Gasteiger partial charge < -0.3 is 15.2 Å². The van der Waals surface area contributed by atoms with E-state index in [2.05, 4.69) is 32.2 Å². The van der Waals surface area contributed by atoms with Gasteiger partial charge in [0.05, 0.1) is 6.10 Å². The minimum absolute atomic E-state index is 0.0226. The molecule has 29 heavy (non-hydrogen) atoms. The van der Waals surface area contributed by atoms with Crippen molar-refractivity contribution in [3.63, 3.8) is 0 Å². The average molecular weight is 404 g/mol. The highest BCUT2D eigenvalue weighted by Gasteiger charge is 2.57. The number of carbonyl (C=O) groups excluding carboxylic acids is 1. The van der Waals surface area contributed by atoms with Crippen LogP contribution < -0.4 is 5.32 Å². The van der Waals surface area contributed by atoms with Crippen LogP contribution in [-0.2, 0) is 14.3 Å². The van der Waals surface area contributed by atoms with E-state index in [-0.39, 0.29) is 25.2 Å². The Hall–Kier alpha value is -1.36. The molecule has 0 heterocycles. The van der Waals surface area contributed by atoms with Crippen LogP contribution in [-0.4, -0.2) is 36.2 Å². The van der Waals surface area contributed by atoms with Gasteiger partial charge in [0.15, 0.2) is 0 Å². The molecule has 7 atom stereocenters. The lowest BCUT2D eigenvalue weighted by atomic mass is 9.47. The van der Waals surface area contributed by atoms with E-state index in [9.17, 15) is 9.59 Å². The van der Waals surface area contributed by atoms with Crippen LogP contribution in [0.3, 0.4) is 0 Å². The monoisotopic (exact) mass is 403 g/mol. The Morgan fingerprint density at radius 1 is 1.14 bits per heavy atom. The predicted octanol–water partition coefficient (Wildman–Crippen LogP) is 4.17. The summed E-state index contributed by atoms with van der Waals surface area (Å²) in [5, 5.41) is 11.0. The molecule has 0 aliphatic heterocycles. The number of aliphatic carboxylic acids is 1. The van der Waals surface area contributed by atoms with E-state index in [4.69, 9.17) is 9.84 Å². The lowest BCUT2D eigenvalue weighted by Gasteiger charge is -2.58. The summed E-state index contributed by atoms with van der Waals surface area (Å²) in [5.41, 5.74) is 2.40. The maximum atomic E-state index is 11.8. The first kappa shape index (κ1) is 20.9. The van der Waals surface area contributed by atoms with Gasteiger partial charge in [0.1, 0.15) is 13.2 Å². The average Bonchev–Trinajstić information content (AvgIpc) is 2.99. The number of allylic oxidation sites excluding steroid dienone is 1. The van der Waals surface area contributed by atoms with Crippen molar-refractivity contribution >= 4 is 11.9 Å². The van der Waals surface area contributed by atoms with Crippen LogP contribution >= 0.6 is 0 Å². The van der Waals surface area contributed by atoms with Crippen LogP contribution in [0.15, 0.2) is 11.6 Å². The lowest BCUT2D eigenvalue weighted by molar-refractivity contribution is -0.139. The third-order valence-corrected chi connectivity index (χ3v) is 9.41. The summed E-state index contributed by atoms with van der Waals surface area (Å²) >= 11 is 0. The number of carboxylic acid groups (broad SMARTS) is 1. The maximum absolute atomic E-state index is 11.8. The molecule has 0 radical (unpaired) electrons. The lowest BCUT2D eigenvalue weighted by Crippen LogP contribution is -2.50. The molecule has 1 amide bonds. The molecule has 2 N–H and O–H groups in total. The first-order chi connectivity index (χ1) is 13.7. The van der Waals surface area contributed by atoms with E-state index < -0.39 is 5.97 Å². The number of hydrogen-bond acceptors (Lipinski definition) is 3. The van der Waals surface area contributed by atoms with E-state index in [1.165, 1.54) is 38.5 Å². The first-order valence-corrected chi connectivity index (χ1v) is 11.6. The summed E-state index contributed by atoms with van der Waals surface area (Å²) in [6.45, 7) is 7.12. The number of carboxylic acids is 1. The Bertz CT molecular complexity index is 703. The predicted molar refractivity (Wildman–Crippen MR) is 111 cm³/mol. The molecule has 162 valence electrons. The van der Waals surface area contributed by atoms with E-state index in [1.54, 1.807) is 5.57 Å². The van der Waals surface area contributed by atoms with Gasteiger partial charge in [-0.15, -0.1) is 0 Å². The van der Waals surface area contributed by atoms with E-state index in [1.807, 2.05) is 0 Å². The summed E-state index contributed by atoms with van der Waals surface area (Å²) < 4.78 is 5.83. The molecule has 0 aromatic rings. The quantitative estimate of drug-likeness (QED) is 0.676. The molecule has 6 unspecified atom stereocenters. The molecule has 0 aromatic heterocycles. The maximum Gasteiger partial charge on any atom is 0.322 e. The van der Waals surface area contributed by atoms with Crippen LogP contribution in [0, 0.1) is 34.5 Å². The van der Waals surface area contributed by atoms with Crippen LogP contribution in [0.1, 0.15) is 72.1 Å². The summed E-state index contributed by atoms with van der Waals surface area (Å²) in [4.78, 5) is 22.3. The van der Waals surface area contributed by atoms with Gasteiger partial charge in [-0.25, -0.2) is 0 Å². The van der Waals surface area contributed by atoms with Crippen LogP contribution in [0.2, 0.25) is 0 Å². The Morgan fingerprint density at radius 3 is 2.69 bits per heavy atom. The topological polar surface area (TPSA) is 75.6 Å². The Kier molecular flexibility index (Phi) is 5.56. The van der Waals surface area contributed by atoms with Gasteiger partial charge in [-0.2, -0.15) is 0 Å². The number of amides is 1. The number of hydrogen-bond donors (Lipinski definition) is 2. The summed E-state index contributed by atoms with van der Waals surface area (Å²) in [6, 6.07) is 0. The van der Waals surface area contributed by atoms with Crippen molar-refractivity contribution in [2.75, 3.05) is 13.2 Å². The van der Waals surface area contributed by atoms with Crippen molar-refractivity contribution in [1.29, 1.82) is 0 Å². The minimum Gasteiger partial charge on any atom is -0.480 e. The molecule has 3 saturated carbocycles. The molecular weight excluding hydrogens is 366 g/mol. The number of rotatable bonds is 5. The van der Waals surface area contributed by atoms with Crippen LogP contribution in [0.5, 0.6) is 0 Å². The van der Waals surface area contributed by atoms with Crippen molar-refractivity contribution in [2.24, 2.45) is 34.5 Å². The second-order valence-electron chi connectivity index (χ2n) is 10.6. The second-order valence-corrected chi connectivity index (χ2v) is 10.6. The van der Waals surface area contributed by atoms with Crippen molar-refractivity contribution < 1.29 is 19.4 Å². The Balaban J connectivity index is 1.41. The van der Waals surface area contributed by atoms with E-state index in [0.29, 0.717) is 10.8 Å². The molecule has 0 bridgehead atoms. The van der Waals surface area contributed by atoms with Crippen LogP contribution in [0.25, 0.3) is 0 Å². The Labute approximate surface area is 174 Å². The zero-order valence-corrected chi connectivity index (χ0v) is 18.2. The highest BCUT2D eigenvalue weighted by atomic mass is 16.5. The summed E-state index contributed by atoms with van der Waals surface area (Å²) in [5.74, 6) is 2.05. The molecule has 4 aliphatic rings. The fraction of sp³-hybridized carbons (Fsp3) is 0.833. The second kappa shape index (κ2) is 7.72. The minimum atomic E-state index is -1.04. The zero-order chi connectivity index (χ0) is 20.8. The summed E-state index contributed by atoms with van der Waals surface area (Å²) in [6.07, 6.45) is 12.4.